The van der Waals surface area contributed by atoms with Gasteiger partial charge in [0, 0.05) is 18.1 Å². The zero-order valence-electron chi connectivity index (χ0n) is 16.1. The van der Waals surface area contributed by atoms with Crippen LogP contribution in [0, 0.1) is 12.8 Å². The monoisotopic (exact) mass is 456 g/mol. The molecule has 9 heteroatoms. The first-order valence-corrected chi connectivity index (χ1v) is 11.3. The van der Waals surface area contributed by atoms with E-state index in [9.17, 15) is 13.2 Å². The van der Waals surface area contributed by atoms with Crippen LogP contribution in [0.2, 0.25) is 10.0 Å². The maximum atomic E-state index is 13.1. The number of rotatable bonds is 5. The zero-order valence-corrected chi connectivity index (χ0v) is 18.4. The smallest absolute Gasteiger partial charge is 0.244 e. The Morgan fingerprint density at radius 3 is 2.69 bits per heavy atom. The molecular weight excluding hydrogens is 435 g/mol. The van der Waals surface area contributed by atoms with Gasteiger partial charge in [0.2, 0.25) is 15.9 Å². The molecule has 1 amide bonds. The number of carbonyl (C=O) groups is 1. The molecule has 2 aromatic carbocycles. The molecule has 0 spiro atoms. The highest BCUT2D eigenvalue weighted by atomic mass is 35.5. The highest BCUT2D eigenvalue weighted by Crippen LogP contribution is 2.31. The van der Waals surface area contributed by atoms with Gasteiger partial charge in [-0.1, -0.05) is 29.3 Å². The van der Waals surface area contributed by atoms with E-state index in [1.807, 2.05) is 19.1 Å². The molecule has 0 aliphatic carbocycles. The van der Waals surface area contributed by atoms with Gasteiger partial charge in [-0.05, 0) is 55.7 Å². The van der Waals surface area contributed by atoms with Gasteiger partial charge in [-0.3, -0.25) is 4.79 Å². The quantitative estimate of drug-likeness (QED) is 0.725. The number of benzene rings is 2. The summed E-state index contributed by atoms with van der Waals surface area (Å²) in [6.45, 7) is 2.31. The first kappa shape index (κ1) is 21.9. The van der Waals surface area contributed by atoms with Crippen molar-refractivity contribution in [2.24, 2.45) is 5.92 Å². The van der Waals surface area contributed by atoms with E-state index in [2.05, 4.69) is 5.32 Å². The summed E-state index contributed by atoms with van der Waals surface area (Å²) in [5, 5.41) is 3.26. The molecule has 0 aromatic heterocycles. The third kappa shape index (κ3) is 4.86. The highest BCUT2D eigenvalue weighted by molar-refractivity contribution is 7.89. The van der Waals surface area contributed by atoms with Gasteiger partial charge < -0.3 is 10.1 Å². The Balaban J connectivity index is 1.79. The number of hydrogen-bond donors (Lipinski definition) is 1. The van der Waals surface area contributed by atoms with Gasteiger partial charge in [-0.25, -0.2) is 8.42 Å². The van der Waals surface area contributed by atoms with Crippen molar-refractivity contribution in [3.63, 3.8) is 0 Å². The van der Waals surface area contributed by atoms with Crippen molar-refractivity contribution in [3.05, 3.63) is 52.0 Å². The Labute approximate surface area is 180 Å². The van der Waals surface area contributed by atoms with Crippen LogP contribution in [0.15, 0.2) is 41.3 Å². The Kier molecular flexibility index (Phi) is 6.73. The summed E-state index contributed by atoms with van der Waals surface area (Å²) in [4.78, 5) is 12.8. The standard InChI is InChI=1S/C20H22Cl2N2O4S/c1-13-5-8-18(28-2)17(10-13)23-20(25)14-4-3-9-24(12-14)29(26,27)19-11-15(21)6-7-16(19)22/h5-8,10-11,14H,3-4,9,12H2,1-2H3,(H,23,25)/t14-/m1/s1. The molecule has 1 fully saturated rings. The predicted molar refractivity (Wildman–Crippen MR) is 114 cm³/mol. The average Bonchev–Trinajstić information content (AvgIpc) is 2.70. The number of nitrogens with one attached hydrogen (secondary N) is 1. The van der Waals surface area contributed by atoms with Gasteiger partial charge in [0.25, 0.3) is 0 Å². The fraction of sp³-hybridized carbons (Fsp3) is 0.350. The second kappa shape index (κ2) is 8.92. The van der Waals surface area contributed by atoms with Crippen LogP contribution in [0.4, 0.5) is 5.69 Å². The van der Waals surface area contributed by atoms with E-state index in [0.717, 1.165) is 5.56 Å². The highest BCUT2D eigenvalue weighted by Gasteiger charge is 2.34. The van der Waals surface area contributed by atoms with Crippen LogP contribution in [0.25, 0.3) is 0 Å². The predicted octanol–water partition coefficient (Wildman–Crippen LogP) is 4.35. The SMILES string of the molecule is COc1ccc(C)cc1NC(=O)[C@@H]1CCCN(S(=O)(=O)c2cc(Cl)ccc2Cl)C1. The van der Waals surface area contributed by atoms with Crippen molar-refractivity contribution in [3.8, 4) is 5.75 Å². The van der Waals surface area contributed by atoms with Crippen molar-refractivity contribution in [1.29, 1.82) is 0 Å². The lowest BCUT2D eigenvalue weighted by atomic mass is 9.98. The minimum absolute atomic E-state index is 0.0481. The van der Waals surface area contributed by atoms with Gasteiger partial charge in [-0.15, -0.1) is 0 Å². The van der Waals surface area contributed by atoms with Crippen LogP contribution in [0.5, 0.6) is 5.75 Å². The number of sulfonamides is 1. The first-order chi connectivity index (χ1) is 13.7. The molecule has 1 aliphatic heterocycles. The summed E-state index contributed by atoms with van der Waals surface area (Å²) in [6, 6.07) is 9.81. The Morgan fingerprint density at radius 2 is 1.97 bits per heavy atom. The van der Waals surface area contributed by atoms with E-state index in [4.69, 9.17) is 27.9 Å². The number of methoxy groups -OCH3 is 1. The fourth-order valence-corrected chi connectivity index (χ4v) is 5.60. The zero-order chi connectivity index (χ0) is 21.2. The van der Waals surface area contributed by atoms with E-state index >= 15 is 0 Å². The Hall–Kier alpha value is -1.80. The molecule has 3 rings (SSSR count). The number of halogens is 2. The van der Waals surface area contributed by atoms with Crippen molar-refractivity contribution in [2.45, 2.75) is 24.7 Å². The van der Waals surface area contributed by atoms with Crippen molar-refractivity contribution in [2.75, 3.05) is 25.5 Å². The molecule has 0 saturated carbocycles. The number of anilines is 1. The lowest BCUT2D eigenvalue weighted by Crippen LogP contribution is -2.43. The van der Waals surface area contributed by atoms with Gasteiger partial charge >= 0.3 is 0 Å². The second-order valence-corrected chi connectivity index (χ2v) is 9.72. The minimum Gasteiger partial charge on any atom is -0.495 e. The molecular formula is C20H22Cl2N2O4S. The topological polar surface area (TPSA) is 75.7 Å². The molecule has 1 heterocycles. The number of carbonyl (C=O) groups excluding carboxylic acids is 1. The molecule has 1 N–H and O–H groups in total. The van der Waals surface area contributed by atoms with Crippen LogP contribution in [-0.2, 0) is 14.8 Å². The molecule has 6 nitrogen and oxygen atoms in total. The van der Waals surface area contributed by atoms with Gasteiger partial charge in [0.1, 0.15) is 10.6 Å². The summed E-state index contributed by atoms with van der Waals surface area (Å²) in [5.74, 6) is -0.178. The fourth-order valence-electron chi connectivity index (χ4n) is 3.34. The number of ether oxygens (including phenoxy) is 1. The maximum absolute atomic E-state index is 13.1. The van der Waals surface area contributed by atoms with Crippen LogP contribution < -0.4 is 10.1 Å². The summed E-state index contributed by atoms with van der Waals surface area (Å²) < 4.78 is 32.7. The summed E-state index contributed by atoms with van der Waals surface area (Å²) >= 11 is 12.1. The normalized spacial score (nSPS) is 17.7. The summed E-state index contributed by atoms with van der Waals surface area (Å²) in [7, 11) is -2.33. The average molecular weight is 457 g/mol. The molecule has 156 valence electrons. The van der Waals surface area contributed by atoms with Crippen LogP contribution in [0.3, 0.4) is 0 Å². The third-order valence-corrected chi connectivity index (χ3v) is 7.46. The van der Waals surface area contributed by atoms with Gasteiger partial charge in [0.05, 0.1) is 23.7 Å². The van der Waals surface area contributed by atoms with Gasteiger partial charge in [0.15, 0.2) is 0 Å². The van der Waals surface area contributed by atoms with Crippen molar-refractivity contribution >= 4 is 44.8 Å². The van der Waals surface area contributed by atoms with Gasteiger partial charge in [-0.2, -0.15) is 4.31 Å². The van der Waals surface area contributed by atoms with Crippen LogP contribution in [0.1, 0.15) is 18.4 Å². The van der Waals surface area contributed by atoms with Crippen molar-refractivity contribution < 1.29 is 17.9 Å². The molecule has 2 aromatic rings. The van der Waals surface area contributed by atoms with E-state index in [-0.39, 0.29) is 27.4 Å². The molecule has 29 heavy (non-hydrogen) atoms. The molecule has 0 unspecified atom stereocenters. The van der Waals surface area contributed by atoms with Crippen LogP contribution in [-0.4, -0.2) is 38.8 Å². The molecule has 1 saturated heterocycles. The largest absolute Gasteiger partial charge is 0.495 e. The number of piperidine rings is 1. The van der Waals surface area contributed by atoms with Crippen molar-refractivity contribution in [1.82, 2.24) is 4.31 Å². The van der Waals surface area contributed by atoms with Crippen LogP contribution >= 0.6 is 23.2 Å². The molecule has 1 atom stereocenters. The number of aryl methyl sites for hydroxylation is 1. The minimum atomic E-state index is -3.86. The molecule has 0 bridgehead atoms. The number of amides is 1. The molecule has 1 aliphatic rings. The summed E-state index contributed by atoms with van der Waals surface area (Å²) in [5.41, 5.74) is 1.54. The second-order valence-electron chi connectivity index (χ2n) is 6.97. The molecule has 0 radical (unpaired) electrons. The Morgan fingerprint density at radius 1 is 1.21 bits per heavy atom. The lowest BCUT2D eigenvalue weighted by Gasteiger charge is -2.31. The van der Waals surface area contributed by atoms with E-state index in [1.54, 1.807) is 6.07 Å². The van der Waals surface area contributed by atoms with E-state index < -0.39 is 15.9 Å². The van der Waals surface area contributed by atoms with E-state index in [1.165, 1.54) is 29.6 Å². The maximum Gasteiger partial charge on any atom is 0.244 e. The van der Waals surface area contributed by atoms with E-state index in [0.29, 0.717) is 30.8 Å². The third-order valence-electron chi connectivity index (χ3n) is 4.88. The summed E-state index contributed by atoms with van der Waals surface area (Å²) in [6.07, 6.45) is 1.16. The first-order valence-electron chi connectivity index (χ1n) is 9.13. The number of hydrogen-bond acceptors (Lipinski definition) is 4. The Bertz CT molecular complexity index is 1030. The number of nitrogens with zero attached hydrogens (tertiary/aromatic N) is 1. The lowest BCUT2D eigenvalue weighted by molar-refractivity contribution is -0.120.